The van der Waals surface area contributed by atoms with Gasteiger partial charge in [0, 0.05) is 20.1 Å². The minimum absolute atomic E-state index is 0.260. The summed E-state index contributed by atoms with van der Waals surface area (Å²) in [6.07, 6.45) is 3.27. The Labute approximate surface area is 60.4 Å². The fraction of sp³-hybridized carbons (Fsp3) is 0.667. The van der Waals surface area contributed by atoms with Crippen LogP contribution in [0.4, 0.5) is 0 Å². The van der Waals surface area contributed by atoms with Crippen molar-refractivity contribution in [2.75, 3.05) is 20.1 Å². The average Bonchev–Trinajstić information content (AvgIpc) is 1.91. The van der Waals surface area contributed by atoms with Gasteiger partial charge in [0.1, 0.15) is 0 Å². The van der Waals surface area contributed by atoms with E-state index in [2.05, 4.69) is 0 Å². The van der Waals surface area contributed by atoms with E-state index in [1.54, 1.807) is 26.4 Å². The number of halogens is 1. The molecule has 0 atom stereocenters. The molecule has 0 rings (SSSR count). The van der Waals surface area contributed by atoms with Crippen molar-refractivity contribution >= 4 is 11.6 Å². The molecule has 0 amide bonds. The van der Waals surface area contributed by atoms with Crippen LogP contribution in [-0.2, 0) is 9.47 Å². The van der Waals surface area contributed by atoms with Gasteiger partial charge in [0.25, 0.3) is 0 Å². The standard InChI is InChI=1S/C6H11ClO2/c1-8-6(9-2)4-3-5-7/h3-4,6H,5H2,1-2H3. The zero-order valence-corrected chi connectivity index (χ0v) is 6.39. The number of rotatable bonds is 4. The van der Waals surface area contributed by atoms with Crippen LogP contribution in [0.15, 0.2) is 12.2 Å². The van der Waals surface area contributed by atoms with Crippen molar-refractivity contribution in [1.29, 1.82) is 0 Å². The summed E-state index contributed by atoms with van der Waals surface area (Å²) in [7, 11) is 3.15. The molecule has 0 saturated heterocycles. The normalized spacial score (nSPS) is 11.6. The largest absolute Gasteiger partial charge is 0.352 e. The quantitative estimate of drug-likeness (QED) is 0.343. The first-order valence-corrected chi connectivity index (χ1v) is 3.16. The second-order valence-corrected chi connectivity index (χ2v) is 1.73. The van der Waals surface area contributed by atoms with Crippen molar-refractivity contribution in [3.05, 3.63) is 12.2 Å². The average molecular weight is 151 g/mol. The summed E-state index contributed by atoms with van der Waals surface area (Å²) in [5.74, 6) is 0.489. The van der Waals surface area contributed by atoms with E-state index in [-0.39, 0.29) is 6.29 Å². The third kappa shape index (κ3) is 4.45. The molecule has 0 aromatic heterocycles. The molecule has 0 aromatic rings. The van der Waals surface area contributed by atoms with Gasteiger partial charge in [0.2, 0.25) is 0 Å². The van der Waals surface area contributed by atoms with Gasteiger partial charge in [-0.05, 0) is 6.08 Å². The molecule has 0 saturated carbocycles. The molecule has 3 heteroatoms. The Morgan fingerprint density at radius 3 is 2.33 bits per heavy atom. The van der Waals surface area contributed by atoms with E-state index in [0.717, 1.165) is 0 Å². The smallest absolute Gasteiger partial charge is 0.176 e. The third-order valence-electron chi connectivity index (χ3n) is 0.847. The van der Waals surface area contributed by atoms with Crippen molar-refractivity contribution in [3.63, 3.8) is 0 Å². The molecule has 54 valence electrons. The van der Waals surface area contributed by atoms with Gasteiger partial charge in [-0.3, -0.25) is 0 Å². The summed E-state index contributed by atoms with van der Waals surface area (Å²) < 4.78 is 9.67. The van der Waals surface area contributed by atoms with E-state index in [4.69, 9.17) is 21.1 Å². The second kappa shape index (κ2) is 6.08. The van der Waals surface area contributed by atoms with E-state index in [9.17, 15) is 0 Å². The highest BCUT2D eigenvalue weighted by molar-refractivity contribution is 6.18. The monoisotopic (exact) mass is 150 g/mol. The van der Waals surface area contributed by atoms with Crippen molar-refractivity contribution in [2.45, 2.75) is 6.29 Å². The van der Waals surface area contributed by atoms with Crippen molar-refractivity contribution in [2.24, 2.45) is 0 Å². The summed E-state index contributed by atoms with van der Waals surface area (Å²) in [5, 5.41) is 0. The third-order valence-corrected chi connectivity index (χ3v) is 1.03. The Hall–Kier alpha value is -0.0500. The number of methoxy groups -OCH3 is 2. The SMILES string of the molecule is COC(C=CCCl)OC. The van der Waals surface area contributed by atoms with E-state index < -0.39 is 0 Å². The van der Waals surface area contributed by atoms with Gasteiger partial charge in [-0.25, -0.2) is 0 Å². The molecule has 2 nitrogen and oxygen atoms in total. The Kier molecular flexibility index (Phi) is 6.04. The highest BCUT2D eigenvalue weighted by Crippen LogP contribution is 1.92. The second-order valence-electron chi connectivity index (χ2n) is 1.42. The van der Waals surface area contributed by atoms with Crippen molar-refractivity contribution in [3.8, 4) is 0 Å². The Morgan fingerprint density at radius 1 is 1.44 bits per heavy atom. The van der Waals surface area contributed by atoms with Crippen LogP contribution >= 0.6 is 11.6 Å². The first-order chi connectivity index (χ1) is 4.35. The molecule has 0 N–H and O–H groups in total. The Morgan fingerprint density at radius 2 is 2.00 bits per heavy atom. The van der Waals surface area contributed by atoms with E-state index in [1.165, 1.54) is 0 Å². The summed E-state index contributed by atoms with van der Waals surface area (Å²) in [5.41, 5.74) is 0. The number of hydrogen-bond donors (Lipinski definition) is 0. The molecule has 0 radical (unpaired) electrons. The van der Waals surface area contributed by atoms with Gasteiger partial charge in [-0.15, -0.1) is 11.6 Å². The number of ether oxygens (including phenoxy) is 2. The van der Waals surface area contributed by atoms with E-state index in [0.29, 0.717) is 5.88 Å². The van der Waals surface area contributed by atoms with Crippen LogP contribution in [-0.4, -0.2) is 26.4 Å². The number of allylic oxidation sites excluding steroid dienone is 1. The lowest BCUT2D eigenvalue weighted by Gasteiger charge is -2.06. The van der Waals surface area contributed by atoms with E-state index >= 15 is 0 Å². The summed E-state index contributed by atoms with van der Waals surface area (Å²) in [6.45, 7) is 0. The lowest BCUT2D eigenvalue weighted by atomic mass is 10.5. The predicted octanol–water partition coefficient (Wildman–Crippen LogP) is 1.40. The maximum atomic E-state index is 5.36. The fourth-order valence-corrected chi connectivity index (χ4v) is 0.519. The van der Waals surface area contributed by atoms with Crippen LogP contribution < -0.4 is 0 Å². The molecule has 0 heterocycles. The van der Waals surface area contributed by atoms with Crippen LogP contribution in [0.25, 0.3) is 0 Å². The first-order valence-electron chi connectivity index (χ1n) is 2.63. The number of hydrogen-bond acceptors (Lipinski definition) is 2. The molecule has 0 spiro atoms. The Balaban J connectivity index is 3.41. The molecule has 0 aliphatic carbocycles. The number of alkyl halides is 1. The van der Waals surface area contributed by atoms with Crippen LogP contribution in [0.5, 0.6) is 0 Å². The van der Waals surface area contributed by atoms with Crippen LogP contribution in [0.2, 0.25) is 0 Å². The van der Waals surface area contributed by atoms with E-state index in [1.807, 2.05) is 0 Å². The molecule has 9 heavy (non-hydrogen) atoms. The molecule has 0 aromatic carbocycles. The van der Waals surface area contributed by atoms with Crippen LogP contribution in [0.1, 0.15) is 0 Å². The van der Waals surface area contributed by atoms with Gasteiger partial charge in [-0.2, -0.15) is 0 Å². The lowest BCUT2D eigenvalue weighted by Crippen LogP contribution is -2.08. The highest BCUT2D eigenvalue weighted by Gasteiger charge is 1.94. The van der Waals surface area contributed by atoms with Gasteiger partial charge in [-0.1, -0.05) is 6.08 Å². The van der Waals surface area contributed by atoms with Crippen molar-refractivity contribution in [1.82, 2.24) is 0 Å². The lowest BCUT2D eigenvalue weighted by molar-refractivity contribution is -0.0666. The molecular weight excluding hydrogens is 140 g/mol. The van der Waals surface area contributed by atoms with Gasteiger partial charge in [0.05, 0.1) is 0 Å². The first kappa shape index (κ1) is 8.95. The fourth-order valence-electron chi connectivity index (χ4n) is 0.416. The molecular formula is C6H11ClO2. The zero-order chi connectivity index (χ0) is 7.11. The predicted molar refractivity (Wildman–Crippen MR) is 37.7 cm³/mol. The van der Waals surface area contributed by atoms with Crippen LogP contribution in [0, 0.1) is 0 Å². The molecule has 0 fully saturated rings. The minimum atomic E-state index is -0.260. The zero-order valence-electron chi connectivity index (χ0n) is 5.63. The maximum Gasteiger partial charge on any atom is 0.176 e. The highest BCUT2D eigenvalue weighted by atomic mass is 35.5. The summed E-state index contributed by atoms with van der Waals surface area (Å²) >= 11 is 5.36. The van der Waals surface area contributed by atoms with Gasteiger partial charge < -0.3 is 9.47 Å². The maximum absolute atomic E-state index is 5.36. The van der Waals surface area contributed by atoms with Crippen molar-refractivity contribution < 1.29 is 9.47 Å². The Bertz CT molecular complexity index is 79.1. The summed E-state index contributed by atoms with van der Waals surface area (Å²) in [6, 6.07) is 0. The molecule has 0 unspecified atom stereocenters. The minimum Gasteiger partial charge on any atom is -0.352 e. The van der Waals surface area contributed by atoms with Gasteiger partial charge >= 0.3 is 0 Å². The topological polar surface area (TPSA) is 18.5 Å². The molecule has 0 bridgehead atoms. The molecule has 0 aliphatic heterocycles. The van der Waals surface area contributed by atoms with Crippen LogP contribution in [0.3, 0.4) is 0 Å². The summed E-state index contributed by atoms with van der Waals surface area (Å²) in [4.78, 5) is 0. The molecule has 0 aliphatic rings. The van der Waals surface area contributed by atoms with Gasteiger partial charge in [0.15, 0.2) is 6.29 Å².